The number of benzene rings is 1. The van der Waals surface area contributed by atoms with Crippen LogP contribution in [0.25, 0.3) is 0 Å². The Hall–Kier alpha value is -1.55. The molecule has 23 heavy (non-hydrogen) atoms. The summed E-state index contributed by atoms with van der Waals surface area (Å²) in [6.45, 7) is 8.95. The third-order valence-corrected chi connectivity index (χ3v) is 4.61. The minimum atomic E-state index is 0.654. The first-order valence-electron chi connectivity index (χ1n) is 8.91. The van der Waals surface area contributed by atoms with Gasteiger partial charge in [-0.15, -0.1) is 0 Å². The Morgan fingerprint density at radius 2 is 2.04 bits per heavy atom. The molecule has 1 aromatic carbocycles. The van der Waals surface area contributed by atoms with Gasteiger partial charge in [0.1, 0.15) is 0 Å². The molecule has 0 aromatic heterocycles. The highest BCUT2D eigenvalue weighted by atomic mass is 15.2. The lowest BCUT2D eigenvalue weighted by Gasteiger charge is -2.35. The Kier molecular flexibility index (Phi) is 7.40. The van der Waals surface area contributed by atoms with E-state index in [4.69, 9.17) is 0 Å². The van der Waals surface area contributed by atoms with Gasteiger partial charge in [0.05, 0.1) is 0 Å². The first-order valence-corrected chi connectivity index (χ1v) is 8.91. The minimum absolute atomic E-state index is 0.654. The van der Waals surface area contributed by atoms with Crippen LogP contribution in [-0.4, -0.2) is 50.1 Å². The van der Waals surface area contributed by atoms with Crippen LogP contribution in [0.2, 0.25) is 0 Å². The zero-order chi connectivity index (χ0) is 16.5. The smallest absolute Gasteiger partial charge is 0.190 e. The number of rotatable bonds is 6. The van der Waals surface area contributed by atoms with Crippen molar-refractivity contribution >= 4 is 5.96 Å². The van der Waals surface area contributed by atoms with Crippen molar-refractivity contribution in [2.45, 2.75) is 39.2 Å². The molecule has 0 bridgehead atoms. The third kappa shape index (κ3) is 6.22. The van der Waals surface area contributed by atoms with Crippen molar-refractivity contribution in [2.24, 2.45) is 10.9 Å². The van der Waals surface area contributed by atoms with Gasteiger partial charge < -0.3 is 15.5 Å². The summed E-state index contributed by atoms with van der Waals surface area (Å²) in [5.41, 5.74) is 1.36. The van der Waals surface area contributed by atoms with Gasteiger partial charge in [-0.05, 0) is 51.1 Å². The number of piperidine rings is 1. The second kappa shape index (κ2) is 9.56. The van der Waals surface area contributed by atoms with Crippen molar-refractivity contribution in [1.82, 2.24) is 15.5 Å². The lowest BCUT2D eigenvalue weighted by Crippen LogP contribution is -2.46. The summed E-state index contributed by atoms with van der Waals surface area (Å²) in [6.07, 6.45) is 3.65. The maximum atomic E-state index is 4.34. The van der Waals surface area contributed by atoms with Gasteiger partial charge in [-0.3, -0.25) is 4.99 Å². The standard InChI is InChI=1S/C19H32N4/c1-16(2)23-13-7-10-18(15-23)14-22-19(20-3)21-12-11-17-8-5-4-6-9-17/h4-6,8-9,16,18H,7,10-15H2,1-3H3,(H2,20,21,22). The molecule has 1 heterocycles. The fourth-order valence-electron chi connectivity index (χ4n) is 3.16. The highest BCUT2D eigenvalue weighted by molar-refractivity contribution is 5.79. The molecule has 0 radical (unpaired) electrons. The summed E-state index contributed by atoms with van der Waals surface area (Å²) in [7, 11) is 1.85. The molecule has 1 aromatic rings. The van der Waals surface area contributed by atoms with E-state index in [9.17, 15) is 0 Å². The molecule has 2 N–H and O–H groups in total. The summed E-state index contributed by atoms with van der Waals surface area (Å²) in [6, 6.07) is 11.2. The fourth-order valence-corrected chi connectivity index (χ4v) is 3.16. The van der Waals surface area contributed by atoms with Crippen LogP contribution in [0.4, 0.5) is 0 Å². The van der Waals surface area contributed by atoms with E-state index in [2.05, 4.69) is 64.7 Å². The average Bonchev–Trinajstić information content (AvgIpc) is 2.59. The Balaban J connectivity index is 1.68. The van der Waals surface area contributed by atoms with Crippen molar-refractivity contribution in [3.63, 3.8) is 0 Å². The van der Waals surface area contributed by atoms with Crippen molar-refractivity contribution < 1.29 is 0 Å². The van der Waals surface area contributed by atoms with Crippen molar-refractivity contribution in [1.29, 1.82) is 0 Å². The quantitative estimate of drug-likeness (QED) is 0.626. The van der Waals surface area contributed by atoms with Gasteiger partial charge in [-0.1, -0.05) is 30.3 Å². The number of hydrogen-bond acceptors (Lipinski definition) is 2. The van der Waals surface area contributed by atoms with Crippen molar-refractivity contribution in [2.75, 3.05) is 33.2 Å². The molecule has 1 unspecified atom stereocenters. The van der Waals surface area contributed by atoms with E-state index in [1.54, 1.807) is 0 Å². The average molecular weight is 316 g/mol. The molecule has 0 amide bonds. The first-order chi connectivity index (χ1) is 11.2. The van der Waals surface area contributed by atoms with Crippen LogP contribution in [0, 0.1) is 5.92 Å². The molecule has 1 saturated heterocycles. The zero-order valence-corrected chi connectivity index (χ0v) is 14.9. The summed E-state index contributed by atoms with van der Waals surface area (Å²) in [4.78, 5) is 6.92. The van der Waals surface area contributed by atoms with Gasteiger partial charge in [0, 0.05) is 32.7 Å². The third-order valence-electron chi connectivity index (χ3n) is 4.61. The zero-order valence-electron chi connectivity index (χ0n) is 14.9. The summed E-state index contributed by atoms with van der Waals surface area (Å²) in [5, 5.41) is 6.91. The summed E-state index contributed by atoms with van der Waals surface area (Å²) in [5.74, 6) is 1.64. The molecule has 4 heteroatoms. The lowest BCUT2D eigenvalue weighted by molar-refractivity contribution is 0.141. The summed E-state index contributed by atoms with van der Waals surface area (Å²) >= 11 is 0. The highest BCUT2D eigenvalue weighted by Crippen LogP contribution is 2.17. The second-order valence-corrected chi connectivity index (χ2v) is 6.71. The van der Waals surface area contributed by atoms with Gasteiger partial charge in [0.15, 0.2) is 5.96 Å². The van der Waals surface area contributed by atoms with Crippen LogP contribution in [-0.2, 0) is 6.42 Å². The van der Waals surface area contributed by atoms with Gasteiger partial charge in [0.25, 0.3) is 0 Å². The predicted octanol–water partition coefficient (Wildman–Crippen LogP) is 2.51. The van der Waals surface area contributed by atoms with E-state index in [0.717, 1.165) is 31.4 Å². The maximum absolute atomic E-state index is 4.34. The SMILES string of the molecule is CN=C(NCCc1ccccc1)NCC1CCCN(C(C)C)C1. The monoisotopic (exact) mass is 316 g/mol. The molecule has 2 rings (SSSR count). The molecular weight excluding hydrogens is 284 g/mol. The van der Waals surface area contributed by atoms with Crippen LogP contribution in [0.15, 0.2) is 35.3 Å². The van der Waals surface area contributed by atoms with Gasteiger partial charge in [-0.2, -0.15) is 0 Å². The number of guanidine groups is 1. The number of hydrogen-bond donors (Lipinski definition) is 2. The summed E-state index contributed by atoms with van der Waals surface area (Å²) < 4.78 is 0. The van der Waals surface area contributed by atoms with E-state index in [1.165, 1.54) is 31.5 Å². The number of likely N-dealkylation sites (tertiary alicyclic amines) is 1. The molecular formula is C19H32N4. The Morgan fingerprint density at radius 3 is 2.74 bits per heavy atom. The molecule has 1 atom stereocenters. The van der Waals surface area contributed by atoms with Crippen LogP contribution in [0.3, 0.4) is 0 Å². The number of aliphatic imine (C=N–C) groups is 1. The molecule has 0 saturated carbocycles. The van der Waals surface area contributed by atoms with Crippen molar-refractivity contribution in [3.8, 4) is 0 Å². The lowest BCUT2D eigenvalue weighted by atomic mass is 9.97. The molecule has 0 aliphatic carbocycles. The van der Waals surface area contributed by atoms with Gasteiger partial charge >= 0.3 is 0 Å². The molecule has 1 aliphatic heterocycles. The Labute approximate surface area is 141 Å². The second-order valence-electron chi connectivity index (χ2n) is 6.71. The Bertz CT molecular complexity index is 470. The van der Waals surface area contributed by atoms with Crippen molar-refractivity contribution in [3.05, 3.63) is 35.9 Å². The molecule has 1 aliphatic rings. The van der Waals surface area contributed by atoms with E-state index in [-0.39, 0.29) is 0 Å². The topological polar surface area (TPSA) is 39.7 Å². The minimum Gasteiger partial charge on any atom is -0.356 e. The maximum Gasteiger partial charge on any atom is 0.190 e. The molecule has 0 spiro atoms. The first kappa shape index (κ1) is 17.8. The highest BCUT2D eigenvalue weighted by Gasteiger charge is 2.21. The van der Waals surface area contributed by atoms with Crippen LogP contribution < -0.4 is 10.6 Å². The van der Waals surface area contributed by atoms with Crippen LogP contribution in [0.1, 0.15) is 32.3 Å². The van der Waals surface area contributed by atoms with Crippen LogP contribution >= 0.6 is 0 Å². The molecule has 4 nitrogen and oxygen atoms in total. The number of nitrogens with one attached hydrogen (secondary N) is 2. The van der Waals surface area contributed by atoms with Crippen LogP contribution in [0.5, 0.6) is 0 Å². The fraction of sp³-hybridized carbons (Fsp3) is 0.632. The Morgan fingerprint density at radius 1 is 1.26 bits per heavy atom. The molecule has 1 fully saturated rings. The largest absolute Gasteiger partial charge is 0.356 e. The van der Waals surface area contributed by atoms with E-state index in [1.807, 2.05) is 7.05 Å². The molecule has 128 valence electrons. The van der Waals surface area contributed by atoms with Gasteiger partial charge in [0.2, 0.25) is 0 Å². The van der Waals surface area contributed by atoms with E-state index >= 15 is 0 Å². The van der Waals surface area contributed by atoms with E-state index < -0.39 is 0 Å². The number of nitrogens with zero attached hydrogens (tertiary/aromatic N) is 2. The van der Waals surface area contributed by atoms with E-state index in [0.29, 0.717) is 6.04 Å². The van der Waals surface area contributed by atoms with Gasteiger partial charge in [-0.25, -0.2) is 0 Å². The normalized spacial score (nSPS) is 19.8. The predicted molar refractivity (Wildman–Crippen MR) is 98.9 cm³/mol.